The maximum Gasteiger partial charge on any atom is 0.0446 e. The topological polar surface area (TPSA) is 18.5 Å². The van der Waals surface area contributed by atoms with E-state index in [2.05, 4.69) is 67.4 Å². The summed E-state index contributed by atoms with van der Waals surface area (Å²) >= 11 is 0. The fourth-order valence-corrected chi connectivity index (χ4v) is 3.10. The van der Waals surface area contributed by atoms with Crippen LogP contribution in [-0.2, 0) is 0 Å². The summed E-state index contributed by atoms with van der Waals surface area (Å²) < 4.78 is 0. The number of hydrogen-bond donors (Lipinski definition) is 1. The van der Waals surface area contributed by atoms with E-state index >= 15 is 0 Å². The molecule has 2 rings (SSSR count). The Kier molecular flexibility index (Phi) is 5.58. The lowest BCUT2D eigenvalue weighted by Gasteiger charge is -2.37. The molecule has 0 aliphatic carbocycles. The van der Waals surface area contributed by atoms with E-state index in [9.17, 15) is 0 Å². The number of likely N-dealkylation sites (N-methyl/N-ethyl adjacent to an activating group) is 3. The van der Waals surface area contributed by atoms with Crippen LogP contribution in [0.25, 0.3) is 0 Å². The molecule has 2 atom stereocenters. The fraction of sp³-hybridized carbons (Fsp3) is 0.647. The molecule has 0 aromatic heterocycles. The molecule has 1 fully saturated rings. The lowest BCUT2D eigenvalue weighted by atomic mass is 10.0. The molecule has 1 saturated heterocycles. The second kappa shape index (κ2) is 7.21. The van der Waals surface area contributed by atoms with Crippen LogP contribution in [0.1, 0.15) is 30.0 Å². The smallest absolute Gasteiger partial charge is 0.0446 e. The number of rotatable bonds is 5. The van der Waals surface area contributed by atoms with Crippen LogP contribution in [0.15, 0.2) is 24.3 Å². The van der Waals surface area contributed by atoms with Crippen molar-refractivity contribution in [3.63, 3.8) is 0 Å². The van der Waals surface area contributed by atoms with E-state index < -0.39 is 0 Å². The maximum atomic E-state index is 3.46. The van der Waals surface area contributed by atoms with Gasteiger partial charge in [-0.15, -0.1) is 0 Å². The number of piperidine rings is 1. The van der Waals surface area contributed by atoms with Crippen molar-refractivity contribution in [3.8, 4) is 0 Å². The molecule has 0 amide bonds. The van der Waals surface area contributed by atoms with Crippen molar-refractivity contribution in [3.05, 3.63) is 35.4 Å². The van der Waals surface area contributed by atoms with Crippen molar-refractivity contribution < 1.29 is 0 Å². The Bertz CT molecular complexity index is 401. The van der Waals surface area contributed by atoms with Gasteiger partial charge in [0, 0.05) is 25.2 Å². The largest absolute Gasteiger partial charge is 0.312 e. The predicted octanol–water partition coefficient (Wildman–Crippen LogP) is 2.28. The van der Waals surface area contributed by atoms with Gasteiger partial charge in [0.2, 0.25) is 0 Å². The number of aryl methyl sites for hydroxylation is 1. The summed E-state index contributed by atoms with van der Waals surface area (Å²) in [5.74, 6) is 0. The molecule has 1 aliphatic heterocycles. The predicted molar refractivity (Wildman–Crippen MR) is 86.1 cm³/mol. The van der Waals surface area contributed by atoms with Crippen molar-refractivity contribution in [1.82, 2.24) is 15.1 Å². The van der Waals surface area contributed by atoms with E-state index in [4.69, 9.17) is 0 Å². The molecule has 0 radical (unpaired) electrons. The van der Waals surface area contributed by atoms with Gasteiger partial charge in [0.1, 0.15) is 0 Å². The van der Waals surface area contributed by atoms with Crippen molar-refractivity contribution in [1.29, 1.82) is 0 Å². The minimum absolute atomic E-state index is 0.410. The Morgan fingerprint density at radius 1 is 1.35 bits per heavy atom. The van der Waals surface area contributed by atoms with Crippen LogP contribution in [0.2, 0.25) is 0 Å². The van der Waals surface area contributed by atoms with E-state index in [1.54, 1.807) is 0 Å². The average molecular weight is 275 g/mol. The highest BCUT2D eigenvalue weighted by Crippen LogP contribution is 2.19. The van der Waals surface area contributed by atoms with Gasteiger partial charge < -0.3 is 15.1 Å². The van der Waals surface area contributed by atoms with Gasteiger partial charge >= 0.3 is 0 Å². The molecule has 1 N–H and O–H groups in total. The summed E-state index contributed by atoms with van der Waals surface area (Å²) in [6, 6.07) is 10.00. The van der Waals surface area contributed by atoms with Crippen LogP contribution in [0.3, 0.4) is 0 Å². The maximum absolute atomic E-state index is 3.46. The Morgan fingerprint density at radius 2 is 2.05 bits per heavy atom. The zero-order valence-corrected chi connectivity index (χ0v) is 13.4. The minimum atomic E-state index is 0.410. The lowest BCUT2D eigenvalue weighted by molar-refractivity contribution is 0.126. The molecule has 1 aliphatic rings. The van der Waals surface area contributed by atoms with Gasteiger partial charge in [0.05, 0.1) is 0 Å². The van der Waals surface area contributed by atoms with Gasteiger partial charge in [-0.25, -0.2) is 0 Å². The van der Waals surface area contributed by atoms with Gasteiger partial charge in [-0.2, -0.15) is 0 Å². The van der Waals surface area contributed by atoms with E-state index in [-0.39, 0.29) is 0 Å². The fourth-order valence-electron chi connectivity index (χ4n) is 3.10. The third-order valence-corrected chi connectivity index (χ3v) is 4.52. The van der Waals surface area contributed by atoms with Crippen LogP contribution in [0.4, 0.5) is 0 Å². The Labute approximate surface area is 124 Å². The Balaban J connectivity index is 1.96. The normalized spacial score (nSPS) is 22.1. The number of benzene rings is 1. The third kappa shape index (κ3) is 4.05. The zero-order chi connectivity index (χ0) is 14.5. The molecule has 112 valence electrons. The second-order valence-electron chi connectivity index (χ2n) is 6.25. The highest BCUT2D eigenvalue weighted by atomic mass is 15.2. The van der Waals surface area contributed by atoms with Gasteiger partial charge in [-0.1, -0.05) is 29.8 Å². The summed E-state index contributed by atoms with van der Waals surface area (Å²) in [6.45, 7) is 5.65. The van der Waals surface area contributed by atoms with Crippen LogP contribution in [0, 0.1) is 6.92 Å². The van der Waals surface area contributed by atoms with Crippen LogP contribution < -0.4 is 5.32 Å². The molecule has 3 heteroatoms. The first-order valence-corrected chi connectivity index (χ1v) is 7.72. The van der Waals surface area contributed by atoms with Crippen LogP contribution >= 0.6 is 0 Å². The average Bonchev–Trinajstić information content (AvgIpc) is 2.45. The molecule has 3 nitrogen and oxygen atoms in total. The molecule has 0 bridgehead atoms. The first-order chi connectivity index (χ1) is 9.60. The lowest BCUT2D eigenvalue weighted by Crippen LogP contribution is -2.47. The molecule has 1 aromatic rings. The third-order valence-electron chi connectivity index (χ3n) is 4.52. The number of nitrogens with zero attached hydrogens (tertiary/aromatic N) is 2. The summed E-state index contributed by atoms with van der Waals surface area (Å²) in [6.07, 6.45) is 2.64. The molecule has 0 saturated carbocycles. The van der Waals surface area contributed by atoms with E-state index in [1.807, 2.05) is 0 Å². The monoisotopic (exact) mass is 275 g/mol. The summed E-state index contributed by atoms with van der Waals surface area (Å²) in [5.41, 5.74) is 2.71. The molecule has 2 unspecified atom stereocenters. The van der Waals surface area contributed by atoms with Crippen molar-refractivity contribution in [2.24, 2.45) is 0 Å². The minimum Gasteiger partial charge on any atom is -0.312 e. The summed E-state index contributed by atoms with van der Waals surface area (Å²) in [7, 11) is 6.56. The quantitative estimate of drug-likeness (QED) is 0.889. The van der Waals surface area contributed by atoms with Gasteiger partial charge in [0.15, 0.2) is 0 Å². The molecular weight excluding hydrogens is 246 g/mol. The second-order valence-corrected chi connectivity index (χ2v) is 6.25. The van der Waals surface area contributed by atoms with Crippen LogP contribution in [0.5, 0.6) is 0 Å². The van der Waals surface area contributed by atoms with Gasteiger partial charge in [0.25, 0.3) is 0 Å². The van der Waals surface area contributed by atoms with Crippen LogP contribution in [-0.4, -0.2) is 56.6 Å². The summed E-state index contributed by atoms with van der Waals surface area (Å²) in [5, 5.41) is 3.46. The number of nitrogens with one attached hydrogen (secondary N) is 1. The molecule has 1 heterocycles. The van der Waals surface area contributed by atoms with E-state index in [1.165, 1.54) is 37.1 Å². The van der Waals surface area contributed by atoms with E-state index in [0.29, 0.717) is 12.1 Å². The standard InChI is InChI=1S/C17H29N3/c1-14-7-9-15(10-8-14)17(18-2)13-20(4)16-6-5-11-19(3)12-16/h7-10,16-18H,5-6,11-13H2,1-4H3. The highest BCUT2D eigenvalue weighted by Gasteiger charge is 2.23. The Morgan fingerprint density at radius 3 is 2.65 bits per heavy atom. The van der Waals surface area contributed by atoms with Crippen molar-refractivity contribution in [2.45, 2.75) is 31.8 Å². The Hall–Kier alpha value is -0.900. The first-order valence-electron chi connectivity index (χ1n) is 7.72. The molecule has 1 aromatic carbocycles. The SMILES string of the molecule is CNC(CN(C)C1CCCN(C)C1)c1ccc(C)cc1. The van der Waals surface area contributed by atoms with Crippen molar-refractivity contribution in [2.75, 3.05) is 40.8 Å². The zero-order valence-electron chi connectivity index (χ0n) is 13.4. The summed E-state index contributed by atoms with van der Waals surface area (Å²) in [4.78, 5) is 4.97. The first kappa shape index (κ1) is 15.5. The van der Waals surface area contributed by atoms with E-state index in [0.717, 1.165) is 6.54 Å². The van der Waals surface area contributed by atoms with Gasteiger partial charge in [-0.05, 0) is 53.0 Å². The number of hydrogen-bond acceptors (Lipinski definition) is 3. The molecule has 20 heavy (non-hydrogen) atoms. The molecule has 0 spiro atoms. The molecular formula is C17H29N3. The van der Waals surface area contributed by atoms with Crippen molar-refractivity contribution >= 4 is 0 Å². The van der Waals surface area contributed by atoms with Gasteiger partial charge in [-0.3, -0.25) is 0 Å². The number of likely N-dealkylation sites (tertiary alicyclic amines) is 1. The highest BCUT2D eigenvalue weighted by molar-refractivity contribution is 5.24.